The van der Waals surface area contributed by atoms with Gasteiger partial charge in [0, 0.05) is 10.6 Å². The summed E-state index contributed by atoms with van der Waals surface area (Å²) >= 11 is 1.53. The second-order valence-electron chi connectivity index (χ2n) is 3.02. The molecule has 0 aliphatic heterocycles. The molecule has 1 rings (SSSR count). The van der Waals surface area contributed by atoms with Crippen molar-refractivity contribution in [3.8, 4) is 0 Å². The van der Waals surface area contributed by atoms with E-state index in [-0.39, 0.29) is 6.61 Å². The van der Waals surface area contributed by atoms with Crippen LogP contribution in [-0.2, 0) is 4.74 Å². The van der Waals surface area contributed by atoms with Gasteiger partial charge in [0.05, 0.1) is 25.4 Å². The first-order chi connectivity index (χ1) is 7.74. The number of hydrogen-bond donors (Lipinski definition) is 2. The SMILES string of the molecule is O=C(O)c1cccc(SCCOCCO)c1. The highest BCUT2D eigenvalue weighted by atomic mass is 32.2. The lowest BCUT2D eigenvalue weighted by Gasteiger charge is -2.03. The van der Waals surface area contributed by atoms with Crippen molar-refractivity contribution in [1.29, 1.82) is 0 Å². The number of thioether (sulfide) groups is 1. The number of aromatic carboxylic acids is 1. The second-order valence-corrected chi connectivity index (χ2v) is 4.19. The van der Waals surface area contributed by atoms with Crippen LogP contribution in [0.3, 0.4) is 0 Å². The summed E-state index contributed by atoms with van der Waals surface area (Å²) in [5.41, 5.74) is 0.293. The summed E-state index contributed by atoms with van der Waals surface area (Å²) in [5.74, 6) is -0.178. The fourth-order valence-corrected chi connectivity index (χ4v) is 1.93. The number of aliphatic hydroxyl groups is 1. The largest absolute Gasteiger partial charge is 0.478 e. The molecule has 0 aliphatic carbocycles. The summed E-state index contributed by atoms with van der Waals surface area (Å²) in [6.07, 6.45) is 0. The Bertz CT molecular complexity index is 341. The number of carboxylic acid groups (broad SMARTS) is 1. The zero-order valence-electron chi connectivity index (χ0n) is 8.76. The lowest BCUT2D eigenvalue weighted by atomic mass is 10.2. The average molecular weight is 242 g/mol. The molecule has 0 bridgehead atoms. The summed E-state index contributed by atoms with van der Waals surface area (Å²) in [6.45, 7) is 0.914. The van der Waals surface area contributed by atoms with Crippen LogP contribution in [0, 0.1) is 0 Å². The molecule has 88 valence electrons. The first-order valence-electron chi connectivity index (χ1n) is 4.89. The molecule has 4 nitrogen and oxygen atoms in total. The quantitative estimate of drug-likeness (QED) is 0.560. The number of benzene rings is 1. The Balaban J connectivity index is 2.36. The van der Waals surface area contributed by atoms with Crippen molar-refractivity contribution in [2.24, 2.45) is 0 Å². The molecule has 5 heteroatoms. The Morgan fingerprint density at radius 1 is 1.38 bits per heavy atom. The van der Waals surface area contributed by atoms with Crippen LogP contribution in [0.2, 0.25) is 0 Å². The van der Waals surface area contributed by atoms with Crippen LogP contribution in [0.1, 0.15) is 10.4 Å². The molecule has 0 fully saturated rings. The topological polar surface area (TPSA) is 66.8 Å². The predicted molar refractivity (Wildman–Crippen MR) is 62.0 cm³/mol. The van der Waals surface area contributed by atoms with Crippen LogP contribution in [0.15, 0.2) is 29.2 Å². The fourth-order valence-electron chi connectivity index (χ4n) is 1.10. The van der Waals surface area contributed by atoms with Crippen LogP contribution in [0.4, 0.5) is 0 Å². The first kappa shape index (κ1) is 13.0. The lowest BCUT2D eigenvalue weighted by molar-refractivity contribution is 0.0696. The van der Waals surface area contributed by atoms with Crippen LogP contribution in [0.5, 0.6) is 0 Å². The molecule has 0 amide bonds. The molecule has 0 spiro atoms. The molecule has 0 heterocycles. The minimum absolute atomic E-state index is 0.0270. The molecule has 0 saturated carbocycles. The van der Waals surface area contributed by atoms with E-state index >= 15 is 0 Å². The van der Waals surface area contributed by atoms with E-state index in [4.69, 9.17) is 14.9 Å². The average Bonchev–Trinajstić information content (AvgIpc) is 2.29. The first-order valence-corrected chi connectivity index (χ1v) is 5.87. The highest BCUT2D eigenvalue weighted by molar-refractivity contribution is 7.99. The van der Waals surface area contributed by atoms with E-state index in [0.29, 0.717) is 18.8 Å². The summed E-state index contributed by atoms with van der Waals surface area (Å²) in [6, 6.07) is 6.79. The smallest absolute Gasteiger partial charge is 0.335 e. The van der Waals surface area contributed by atoms with Gasteiger partial charge in [-0.05, 0) is 18.2 Å². The molecule has 0 radical (unpaired) electrons. The van der Waals surface area contributed by atoms with Gasteiger partial charge in [0.1, 0.15) is 0 Å². The Labute approximate surface area is 98.2 Å². The molecule has 1 aromatic rings. The maximum Gasteiger partial charge on any atom is 0.335 e. The molecule has 0 saturated heterocycles. The number of carboxylic acids is 1. The Hall–Kier alpha value is -1.04. The molecule has 1 aromatic carbocycles. The number of ether oxygens (including phenoxy) is 1. The fraction of sp³-hybridized carbons (Fsp3) is 0.364. The maximum atomic E-state index is 10.7. The normalized spacial score (nSPS) is 10.3. The zero-order chi connectivity index (χ0) is 11.8. The molecule has 0 aromatic heterocycles. The lowest BCUT2D eigenvalue weighted by Crippen LogP contribution is -2.02. The van der Waals surface area contributed by atoms with Gasteiger partial charge in [0.15, 0.2) is 0 Å². The monoisotopic (exact) mass is 242 g/mol. The summed E-state index contributed by atoms with van der Waals surface area (Å²) in [4.78, 5) is 11.6. The number of rotatable bonds is 7. The Kier molecular flexibility index (Phi) is 5.92. The third kappa shape index (κ3) is 4.65. The number of carbonyl (C=O) groups is 1. The predicted octanol–water partition coefficient (Wildman–Crippen LogP) is 1.49. The standard InChI is InChI=1S/C11H14O4S/c12-4-5-15-6-7-16-10-3-1-2-9(8-10)11(13)14/h1-3,8,12H,4-7H2,(H,13,14). The highest BCUT2D eigenvalue weighted by Crippen LogP contribution is 2.18. The summed E-state index contributed by atoms with van der Waals surface area (Å²) in [7, 11) is 0. The van der Waals surface area contributed by atoms with Crippen molar-refractivity contribution in [3.05, 3.63) is 29.8 Å². The van der Waals surface area contributed by atoms with Gasteiger partial charge in [-0.3, -0.25) is 0 Å². The maximum absolute atomic E-state index is 10.7. The van der Waals surface area contributed by atoms with E-state index in [2.05, 4.69) is 0 Å². The van der Waals surface area contributed by atoms with Gasteiger partial charge in [-0.2, -0.15) is 0 Å². The van der Waals surface area contributed by atoms with E-state index in [1.54, 1.807) is 18.2 Å². The van der Waals surface area contributed by atoms with E-state index in [1.807, 2.05) is 6.07 Å². The molecule has 0 atom stereocenters. The van der Waals surface area contributed by atoms with Gasteiger partial charge in [-0.15, -0.1) is 11.8 Å². The van der Waals surface area contributed by atoms with Crippen molar-refractivity contribution in [2.45, 2.75) is 4.90 Å². The molecule has 0 unspecified atom stereocenters. The Morgan fingerprint density at radius 2 is 2.19 bits per heavy atom. The molecule has 0 aliphatic rings. The second kappa shape index (κ2) is 7.27. The third-order valence-electron chi connectivity index (χ3n) is 1.81. The van der Waals surface area contributed by atoms with Crippen molar-refractivity contribution in [3.63, 3.8) is 0 Å². The Morgan fingerprint density at radius 3 is 2.88 bits per heavy atom. The van der Waals surface area contributed by atoms with Crippen molar-refractivity contribution in [2.75, 3.05) is 25.6 Å². The van der Waals surface area contributed by atoms with Gasteiger partial charge in [0.25, 0.3) is 0 Å². The number of aliphatic hydroxyl groups excluding tert-OH is 1. The zero-order valence-corrected chi connectivity index (χ0v) is 9.57. The van der Waals surface area contributed by atoms with Crippen LogP contribution >= 0.6 is 11.8 Å². The molecule has 2 N–H and O–H groups in total. The van der Waals surface area contributed by atoms with Crippen molar-refractivity contribution >= 4 is 17.7 Å². The van der Waals surface area contributed by atoms with Crippen molar-refractivity contribution in [1.82, 2.24) is 0 Å². The molecular weight excluding hydrogens is 228 g/mol. The van der Waals surface area contributed by atoms with Crippen LogP contribution in [0.25, 0.3) is 0 Å². The van der Waals surface area contributed by atoms with E-state index in [0.717, 1.165) is 10.6 Å². The third-order valence-corrected chi connectivity index (χ3v) is 2.77. The summed E-state index contributed by atoms with van der Waals surface area (Å²) in [5, 5.41) is 17.3. The van der Waals surface area contributed by atoms with Gasteiger partial charge >= 0.3 is 5.97 Å². The van der Waals surface area contributed by atoms with Gasteiger partial charge < -0.3 is 14.9 Å². The van der Waals surface area contributed by atoms with Crippen LogP contribution < -0.4 is 0 Å². The van der Waals surface area contributed by atoms with E-state index < -0.39 is 5.97 Å². The van der Waals surface area contributed by atoms with E-state index in [9.17, 15) is 4.79 Å². The minimum Gasteiger partial charge on any atom is -0.478 e. The number of hydrogen-bond acceptors (Lipinski definition) is 4. The van der Waals surface area contributed by atoms with Crippen molar-refractivity contribution < 1.29 is 19.7 Å². The summed E-state index contributed by atoms with van der Waals surface area (Å²) < 4.78 is 5.10. The van der Waals surface area contributed by atoms with Gasteiger partial charge in [0.2, 0.25) is 0 Å². The minimum atomic E-state index is -0.918. The van der Waals surface area contributed by atoms with Gasteiger partial charge in [-0.25, -0.2) is 4.79 Å². The molecular formula is C11H14O4S. The molecule has 16 heavy (non-hydrogen) atoms. The van der Waals surface area contributed by atoms with Gasteiger partial charge in [-0.1, -0.05) is 6.07 Å². The highest BCUT2D eigenvalue weighted by Gasteiger charge is 2.03. The van der Waals surface area contributed by atoms with Crippen LogP contribution in [-0.4, -0.2) is 41.8 Å². The van der Waals surface area contributed by atoms with E-state index in [1.165, 1.54) is 11.8 Å².